The number of hydrogen-bond donors (Lipinski definition) is 0. The van der Waals surface area contributed by atoms with Crippen LogP contribution in [0.15, 0.2) is 37.9 Å². The molecule has 1 aromatic carbocycles. The van der Waals surface area contributed by atoms with Crippen LogP contribution in [0.2, 0.25) is 0 Å². The van der Waals surface area contributed by atoms with Gasteiger partial charge in [0.2, 0.25) is 0 Å². The molecule has 0 radical (unpaired) electrons. The van der Waals surface area contributed by atoms with Crippen LogP contribution >= 0.6 is 15.9 Å². The summed E-state index contributed by atoms with van der Waals surface area (Å²) in [5, 5.41) is 1.23. The van der Waals surface area contributed by atoms with Crippen molar-refractivity contribution < 1.29 is 13.9 Å². The minimum Gasteiger partial charge on any atom is -0.466 e. The number of halogens is 1. The van der Waals surface area contributed by atoms with Crippen LogP contribution in [-0.2, 0) is 16.0 Å². The van der Waals surface area contributed by atoms with Gasteiger partial charge < -0.3 is 9.15 Å². The molecular weight excluding hydrogens is 300 g/mol. The van der Waals surface area contributed by atoms with Crippen molar-refractivity contribution in [3.63, 3.8) is 0 Å². The average Bonchev–Trinajstić information content (AvgIpc) is 2.28. The number of ether oxygens (including phenoxy) is 1. The minimum atomic E-state index is -0.445. The van der Waals surface area contributed by atoms with E-state index in [0.717, 1.165) is 9.86 Å². The SMILES string of the molecule is CCOC(=O)Cc1cc2cc(Br)ccc2c(=O)o1. The first-order valence-corrected chi connectivity index (χ1v) is 6.27. The van der Waals surface area contributed by atoms with E-state index < -0.39 is 11.6 Å². The van der Waals surface area contributed by atoms with Crippen molar-refractivity contribution in [3.8, 4) is 0 Å². The summed E-state index contributed by atoms with van der Waals surface area (Å²) in [6.07, 6.45) is -0.0362. The monoisotopic (exact) mass is 310 g/mol. The Morgan fingerprint density at radius 1 is 1.39 bits per heavy atom. The lowest BCUT2D eigenvalue weighted by molar-refractivity contribution is -0.142. The molecule has 2 rings (SSSR count). The number of fused-ring (bicyclic) bond motifs is 1. The summed E-state index contributed by atoms with van der Waals surface area (Å²) >= 11 is 3.33. The molecular formula is C13H11BrO4. The van der Waals surface area contributed by atoms with Gasteiger partial charge in [-0.2, -0.15) is 0 Å². The molecule has 0 aliphatic rings. The molecule has 18 heavy (non-hydrogen) atoms. The Bertz CT molecular complexity index is 645. The Balaban J connectivity index is 2.42. The lowest BCUT2D eigenvalue weighted by Crippen LogP contribution is -2.10. The molecule has 0 unspecified atom stereocenters. The van der Waals surface area contributed by atoms with E-state index in [9.17, 15) is 9.59 Å². The zero-order chi connectivity index (χ0) is 13.1. The molecule has 0 saturated heterocycles. The second kappa shape index (κ2) is 5.35. The van der Waals surface area contributed by atoms with Crippen molar-refractivity contribution in [2.24, 2.45) is 0 Å². The van der Waals surface area contributed by atoms with E-state index in [-0.39, 0.29) is 6.42 Å². The smallest absolute Gasteiger partial charge is 0.343 e. The summed E-state index contributed by atoms with van der Waals surface area (Å²) in [7, 11) is 0. The molecule has 4 nitrogen and oxygen atoms in total. The number of hydrogen-bond acceptors (Lipinski definition) is 4. The highest BCUT2D eigenvalue weighted by atomic mass is 79.9. The van der Waals surface area contributed by atoms with Crippen molar-refractivity contribution in [1.29, 1.82) is 0 Å². The molecule has 2 aromatic rings. The van der Waals surface area contributed by atoms with Crippen molar-refractivity contribution in [2.45, 2.75) is 13.3 Å². The Morgan fingerprint density at radius 3 is 2.89 bits per heavy atom. The fraction of sp³-hybridized carbons (Fsp3) is 0.231. The normalized spacial score (nSPS) is 10.6. The number of esters is 1. The largest absolute Gasteiger partial charge is 0.466 e. The molecule has 0 spiro atoms. The summed E-state index contributed by atoms with van der Waals surface area (Å²) in [4.78, 5) is 23.0. The first kappa shape index (κ1) is 12.8. The van der Waals surface area contributed by atoms with Gasteiger partial charge in [-0.3, -0.25) is 4.79 Å². The van der Waals surface area contributed by atoms with Crippen LogP contribution in [0.3, 0.4) is 0 Å². The summed E-state index contributed by atoms with van der Waals surface area (Å²) in [6, 6.07) is 6.93. The maximum atomic E-state index is 11.7. The zero-order valence-corrected chi connectivity index (χ0v) is 11.3. The van der Waals surface area contributed by atoms with Gasteiger partial charge in [0.05, 0.1) is 12.0 Å². The van der Waals surface area contributed by atoms with Crippen LogP contribution < -0.4 is 5.63 Å². The molecule has 0 atom stereocenters. The van der Waals surface area contributed by atoms with Crippen LogP contribution in [0.25, 0.3) is 10.8 Å². The van der Waals surface area contributed by atoms with Gasteiger partial charge in [0, 0.05) is 4.47 Å². The third-order valence-corrected chi connectivity index (χ3v) is 2.89. The maximum Gasteiger partial charge on any atom is 0.343 e. The third kappa shape index (κ3) is 2.79. The third-order valence-electron chi connectivity index (χ3n) is 2.40. The Kier molecular flexibility index (Phi) is 3.81. The van der Waals surface area contributed by atoms with Crippen molar-refractivity contribution in [1.82, 2.24) is 0 Å². The number of carbonyl (C=O) groups is 1. The standard InChI is InChI=1S/C13H11BrO4/c1-2-17-12(15)7-10-6-8-5-9(14)3-4-11(8)13(16)18-10/h3-6H,2,7H2,1H3. The molecule has 1 heterocycles. The summed E-state index contributed by atoms with van der Waals surface area (Å²) in [5.41, 5.74) is -0.445. The predicted molar refractivity (Wildman–Crippen MR) is 70.5 cm³/mol. The molecule has 0 amide bonds. The van der Waals surface area contributed by atoms with Gasteiger partial charge in [0.15, 0.2) is 0 Å². The van der Waals surface area contributed by atoms with E-state index in [2.05, 4.69) is 15.9 Å². The van der Waals surface area contributed by atoms with Crippen LogP contribution in [-0.4, -0.2) is 12.6 Å². The highest BCUT2D eigenvalue weighted by Crippen LogP contribution is 2.18. The van der Waals surface area contributed by atoms with Crippen molar-refractivity contribution in [3.05, 3.63) is 44.9 Å². The summed E-state index contributed by atoms with van der Waals surface area (Å²) in [6.45, 7) is 2.04. The Hall–Kier alpha value is -1.62. The lowest BCUT2D eigenvalue weighted by Gasteiger charge is -2.03. The average molecular weight is 311 g/mol. The number of benzene rings is 1. The molecule has 0 bridgehead atoms. The Morgan fingerprint density at radius 2 is 2.17 bits per heavy atom. The van der Waals surface area contributed by atoms with Crippen molar-refractivity contribution >= 4 is 32.7 Å². The van der Waals surface area contributed by atoms with Gasteiger partial charge >= 0.3 is 11.6 Å². The van der Waals surface area contributed by atoms with Crippen LogP contribution in [0.4, 0.5) is 0 Å². The predicted octanol–water partition coefficient (Wildman–Crippen LogP) is 2.66. The quantitative estimate of drug-likeness (QED) is 0.818. The van der Waals surface area contributed by atoms with E-state index >= 15 is 0 Å². The van der Waals surface area contributed by atoms with E-state index in [1.807, 2.05) is 0 Å². The fourth-order valence-electron chi connectivity index (χ4n) is 1.66. The maximum absolute atomic E-state index is 11.7. The van der Waals surface area contributed by atoms with Crippen molar-refractivity contribution in [2.75, 3.05) is 6.61 Å². The van der Waals surface area contributed by atoms with E-state index in [0.29, 0.717) is 17.8 Å². The van der Waals surface area contributed by atoms with Crippen LogP contribution in [0.5, 0.6) is 0 Å². The lowest BCUT2D eigenvalue weighted by atomic mass is 10.1. The zero-order valence-electron chi connectivity index (χ0n) is 9.73. The van der Waals surface area contributed by atoms with Gasteiger partial charge in [0.25, 0.3) is 0 Å². The fourth-order valence-corrected chi connectivity index (χ4v) is 2.04. The first-order chi connectivity index (χ1) is 8.60. The molecule has 1 aromatic heterocycles. The molecule has 5 heteroatoms. The van der Waals surface area contributed by atoms with Gasteiger partial charge in [-0.1, -0.05) is 15.9 Å². The highest BCUT2D eigenvalue weighted by Gasteiger charge is 2.09. The van der Waals surface area contributed by atoms with Gasteiger partial charge in [-0.25, -0.2) is 4.79 Å². The van der Waals surface area contributed by atoms with Crippen LogP contribution in [0, 0.1) is 0 Å². The van der Waals surface area contributed by atoms with Gasteiger partial charge in [-0.15, -0.1) is 0 Å². The molecule has 94 valence electrons. The van der Waals surface area contributed by atoms with Gasteiger partial charge in [-0.05, 0) is 36.6 Å². The second-order valence-corrected chi connectivity index (χ2v) is 4.63. The first-order valence-electron chi connectivity index (χ1n) is 5.48. The molecule has 0 fully saturated rings. The van der Waals surface area contributed by atoms with E-state index in [1.165, 1.54) is 0 Å². The van der Waals surface area contributed by atoms with Gasteiger partial charge in [0.1, 0.15) is 12.2 Å². The summed E-state index contributed by atoms with van der Waals surface area (Å²) < 4.78 is 10.8. The van der Waals surface area contributed by atoms with Crippen LogP contribution in [0.1, 0.15) is 12.7 Å². The molecule has 0 aliphatic carbocycles. The highest BCUT2D eigenvalue weighted by molar-refractivity contribution is 9.10. The second-order valence-electron chi connectivity index (χ2n) is 3.71. The molecule has 0 aliphatic heterocycles. The van der Waals surface area contributed by atoms with E-state index in [4.69, 9.17) is 9.15 Å². The summed E-state index contributed by atoms with van der Waals surface area (Å²) in [5.74, 6) is -0.0981. The Labute approximate surface area is 112 Å². The molecule has 0 saturated carbocycles. The topological polar surface area (TPSA) is 56.5 Å². The van der Waals surface area contributed by atoms with E-state index in [1.54, 1.807) is 31.2 Å². The number of carbonyl (C=O) groups excluding carboxylic acids is 1. The minimum absolute atomic E-state index is 0.0362. The molecule has 0 N–H and O–H groups in total. The number of rotatable bonds is 3.